The van der Waals surface area contributed by atoms with Gasteiger partial charge in [-0.3, -0.25) is 24.1 Å². The summed E-state index contributed by atoms with van der Waals surface area (Å²) in [6, 6.07) is 2.80. The summed E-state index contributed by atoms with van der Waals surface area (Å²) in [5.74, 6) is -7.01. The van der Waals surface area contributed by atoms with E-state index in [0.29, 0.717) is 11.1 Å². The summed E-state index contributed by atoms with van der Waals surface area (Å²) in [5, 5.41) is 43.6. The summed E-state index contributed by atoms with van der Waals surface area (Å²) in [4.78, 5) is 53.0. The summed E-state index contributed by atoms with van der Waals surface area (Å²) < 4.78 is 0. The predicted molar refractivity (Wildman–Crippen MR) is 126 cm³/mol. The molecule has 1 heterocycles. The first-order valence-electron chi connectivity index (χ1n) is 12.1. The first kappa shape index (κ1) is 24.2. The molecule has 190 valence electrons. The highest BCUT2D eigenvalue weighted by atomic mass is 16.3. The van der Waals surface area contributed by atoms with Crippen LogP contribution in [0.1, 0.15) is 53.6 Å². The van der Waals surface area contributed by atoms with Gasteiger partial charge in [0.2, 0.25) is 5.78 Å². The molecular weight excluding hydrogens is 468 g/mol. The van der Waals surface area contributed by atoms with Crippen molar-refractivity contribution in [3.63, 3.8) is 0 Å². The van der Waals surface area contributed by atoms with Crippen LogP contribution in [-0.4, -0.2) is 73.8 Å². The Labute approximate surface area is 206 Å². The smallest absolute Gasteiger partial charge is 0.255 e. The van der Waals surface area contributed by atoms with Gasteiger partial charge in [0.25, 0.3) is 5.91 Å². The molecular formula is C26H28N2O8. The molecule has 1 saturated carbocycles. The van der Waals surface area contributed by atoms with Gasteiger partial charge in [-0.1, -0.05) is 6.42 Å². The summed E-state index contributed by atoms with van der Waals surface area (Å²) >= 11 is 0. The molecule has 10 nitrogen and oxygen atoms in total. The number of nitrogens with two attached hydrogens (primary N) is 1. The van der Waals surface area contributed by atoms with Crippen LogP contribution < -0.4 is 5.73 Å². The highest BCUT2D eigenvalue weighted by Crippen LogP contribution is 2.52. The van der Waals surface area contributed by atoms with E-state index in [1.807, 2.05) is 0 Å². The number of primary amides is 1. The van der Waals surface area contributed by atoms with Crippen LogP contribution in [-0.2, 0) is 20.8 Å². The third-order valence-electron chi connectivity index (χ3n) is 8.06. The summed E-state index contributed by atoms with van der Waals surface area (Å²) in [6.07, 6.45) is 2.91. The van der Waals surface area contributed by atoms with Crippen molar-refractivity contribution in [3.8, 4) is 5.75 Å². The second-order valence-corrected chi connectivity index (χ2v) is 10.2. The van der Waals surface area contributed by atoms with Gasteiger partial charge in [0, 0.05) is 23.5 Å². The minimum Gasteiger partial charge on any atom is -0.508 e. The fourth-order valence-electron chi connectivity index (χ4n) is 6.29. The van der Waals surface area contributed by atoms with Crippen LogP contribution in [0.5, 0.6) is 5.75 Å². The highest BCUT2D eigenvalue weighted by molar-refractivity contribution is 6.22. The number of hydrogen-bond acceptors (Lipinski definition) is 9. The highest BCUT2D eigenvalue weighted by Gasteiger charge is 2.60. The lowest BCUT2D eigenvalue weighted by atomic mass is 9.59. The maximum atomic E-state index is 13.5. The van der Waals surface area contributed by atoms with Gasteiger partial charge >= 0.3 is 0 Å². The third-order valence-corrected chi connectivity index (χ3v) is 8.06. The normalized spacial score (nSPS) is 28.5. The third kappa shape index (κ3) is 3.47. The minimum atomic E-state index is -2.60. The number of piperidine rings is 1. The van der Waals surface area contributed by atoms with E-state index in [1.54, 1.807) is 0 Å². The topological polar surface area (TPSA) is 178 Å². The van der Waals surface area contributed by atoms with E-state index in [2.05, 4.69) is 4.90 Å². The first-order valence-corrected chi connectivity index (χ1v) is 12.1. The maximum absolute atomic E-state index is 13.5. The number of phenolic OH excluding ortho intramolecular Hbond substituents is 1. The van der Waals surface area contributed by atoms with E-state index in [-0.39, 0.29) is 48.5 Å². The monoisotopic (exact) mass is 496 g/mol. The van der Waals surface area contributed by atoms with Gasteiger partial charge in [-0.25, -0.2) is 0 Å². The molecule has 1 aromatic carbocycles. The van der Waals surface area contributed by atoms with Crippen LogP contribution in [0.2, 0.25) is 0 Å². The van der Waals surface area contributed by atoms with Crippen molar-refractivity contribution in [2.24, 2.45) is 17.6 Å². The van der Waals surface area contributed by atoms with E-state index in [1.165, 1.54) is 12.1 Å². The van der Waals surface area contributed by atoms with Gasteiger partial charge in [0.15, 0.2) is 17.2 Å². The van der Waals surface area contributed by atoms with Crippen LogP contribution in [0.4, 0.5) is 0 Å². The van der Waals surface area contributed by atoms with Crippen LogP contribution in [0.3, 0.4) is 0 Å². The number of phenols is 1. The molecule has 2 fully saturated rings. The number of carbonyl (C=O) groups is 4. The van der Waals surface area contributed by atoms with Crippen molar-refractivity contribution in [3.05, 3.63) is 45.7 Å². The second-order valence-electron chi connectivity index (χ2n) is 10.2. The number of carbonyl (C=O) groups excluding carboxylic acids is 4. The molecule has 0 aromatic heterocycles. The van der Waals surface area contributed by atoms with E-state index >= 15 is 0 Å². The van der Waals surface area contributed by atoms with Gasteiger partial charge in [0.05, 0.1) is 12.1 Å². The quantitative estimate of drug-likeness (QED) is 0.301. The molecule has 1 saturated heterocycles. The Kier molecular flexibility index (Phi) is 5.76. The Morgan fingerprint density at radius 2 is 1.75 bits per heavy atom. The molecule has 10 heteroatoms. The van der Waals surface area contributed by atoms with Crippen molar-refractivity contribution in [1.82, 2.24) is 4.90 Å². The minimum absolute atomic E-state index is 0.0261. The predicted octanol–water partition coefficient (Wildman–Crippen LogP) is 1.09. The van der Waals surface area contributed by atoms with Crippen molar-refractivity contribution in [2.45, 2.75) is 44.1 Å². The number of fused-ring (bicyclic) bond motifs is 3. The van der Waals surface area contributed by atoms with Crippen molar-refractivity contribution >= 4 is 29.0 Å². The van der Waals surface area contributed by atoms with Crippen LogP contribution in [0, 0.1) is 11.8 Å². The van der Waals surface area contributed by atoms with E-state index < -0.39 is 52.0 Å². The number of hydrogen-bond donors (Lipinski definition) is 5. The molecule has 1 aromatic rings. The number of nitrogens with zero attached hydrogens (tertiary/aromatic N) is 1. The number of amides is 1. The summed E-state index contributed by atoms with van der Waals surface area (Å²) in [5.41, 5.74) is 2.22. The summed E-state index contributed by atoms with van der Waals surface area (Å²) in [7, 11) is 0. The number of likely N-dealkylation sites (tertiary alicyclic amines) is 1. The van der Waals surface area contributed by atoms with Gasteiger partial charge < -0.3 is 26.2 Å². The molecule has 1 aliphatic heterocycles. The van der Waals surface area contributed by atoms with Crippen LogP contribution in [0.25, 0.3) is 5.76 Å². The van der Waals surface area contributed by atoms with Crippen LogP contribution >= 0.6 is 0 Å². The molecule has 4 aliphatic rings. The number of aromatic hydroxyl groups is 1. The molecule has 3 aliphatic carbocycles. The largest absolute Gasteiger partial charge is 0.508 e. The molecule has 36 heavy (non-hydrogen) atoms. The SMILES string of the molecule is NC(=O)C1=C(O)C2(O)C(=O)C3=C(O)c4c(O)ccc(C(=O)CN5CCCCC5)c4CC3CC2CC1=O. The van der Waals surface area contributed by atoms with Gasteiger partial charge in [0.1, 0.15) is 22.8 Å². The number of benzene rings is 1. The van der Waals surface area contributed by atoms with Crippen molar-refractivity contribution in [2.75, 3.05) is 19.6 Å². The lowest BCUT2D eigenvalue weighted by Gasteiger charge is -2.46. The zero-order valence-corrected chi connectivity index (χ0v) is 19.6. The van der Waals surface area contributed by atoms with Gasteiger partial charge in [-0.2, -0.15) is 0 Å². The lowest BCUT2D eigenvalue weighted by molar-refractivity contribution is -0.147. The van der Waals surface area contributed by atoms with Crippen molar-refractivity contribution < 1.29 is 39.6 Å². The molecule has 6 N–H and O–H groups in total. The Morgan fingerprint density at radius 3 is 2.42 bits per heavy atom. The molecule has 0 radical (unpaired) electrons. The zero-order chi connectivity index (χ0) is 25.9. The van der Waals surface area contributed by atoms with Gasteiger partial charge in [-0.15, -0.1) is 0 Å². The average Bonchev–Trinajstić information content (AvgIpc) is 2.82. The van der Waals surface area contributed by atoms with E-state index in [4.69, 9.17) is 5.73 Å². The van der Waals surface area contributed by atoms with Crippen molar-refractivity contribution in [1.29, 1.82) is 0 Å². The number of aliphatic hydroxyl groups excluding tert-OH is 2. The molecule has 0 spiro atoms. The number of ketones is 3. The van der Waals surface area contributed by atoms with E-state index in [9.17, 15) is 39.6 Å². The first-order chi connectivity index (χ1) is 17.1. The van der Waals surface area contributed by atoms with E-state index in [0.717, 1.165) is 32.4 Å². The van der Waals surface area contributed by atoms with Gasteiger partial charge in [-0.05, 0) is 62.4 Å². The zero-order valence-electron chi connectivity index (χ0n) is 19.6. The number of Topliss-reactive ketones (excluding diaryl/α,β-unsaturated/α-hetero) is 3. The Morgan fingerprint density at radius 1 is 1.06 bits per heavy atom. The lowest BCUT2D eigenvalue weighted by Crippen LogP contribution is -2.58. The summed E-state index contributed by atoms with van der Waals surface area (Å²) in [6.45, 7) is 1.83. The Balaban J connectivity index is 1.59. The molecule has 1 amide bonds. The standard InChI is InChI=1S/C26H28N2O8/c27-25(35)21-17(30)10-13-8-12-9-15-14(18(31)11-28-6-2-1-3-7-28)4-5-16(29)20(15)22(32)19(12)23(33)26(13,36)24(21)34/h4-5,12-13,29,32,34,36H,1-3,6-11H2,(H2,27,35). The number of aliphatic hydroxyl groups is 3. The fourth-order valence-corrected chi connectivity index (χ4v) is 6.29. The fraction of sp³-hybridized carbons (Fsp3) is 0.462. The molecule has 0 bridgehead atoms. The second kappa shape index (κ2) is 8.56. The Bertz CT molecular complexity index is 1270. The van der Waals surface area contributed by atoms with Crippen LogP contribution in [0.15, 0.2) is 29.0 Å². The molecule has 3 unspecified atom stereocenters. The number of rotatable bonds is 4. The molecule has 3 atom stereocenters. The Hall–Kier alpha value is -3.50. The average molecular weight is 497 g/mol. The molecule has 5 rings (SSSR count). The maximum Gasteiger partial charge on any atom is 0.255 e.